The van der Waals surface area contributed by atoms with Crippen LogP contribution in [0.4, 0.5) is 11.8 Å². The first-order valence-electron chi connectivity index (χ1n) is 6.04. The summed E-state index contributed by atoms with van der Waals surface area (Å²) in [6.45, 7) is 0.819. The Morgan fingerprint density at radius 1 is 1.56 bits per heavy atom. The highest BCUT2D eigenvalue weighted by Crippen LogP contribution is 2.23. The van der Waals surface area contributed by atoms with Crippen LogP contribution in [0.2, 0.25) is 0 Å². The number of piperidine rings is 1. The van der Waals surface area contributed by atoms with Crippen molar-refractivity contribution < 1.29 is 4.79 Å². The summed E-state index contributed by atoms with van der Waals surface area (Å²) < 4.78 is 0. The molecule has 98 valence electrons. The highest BCUT2D eigenvalue weighted by atomic mass is 16.2. The van der Waals surface area contributed by atoms with Gasteiger partial charge in [-0.05, 0) is 25.3 Å². The van der Waals surface area contributed by atoms with E-state index in [2.05, 4.69) is 20.7 Å². The number of aromatic nitrogens is 2. The van der Waals surface area contributed by atoms with E-state index >= 15 is 0 Å². The topological polar surface area (TPSA) is 96.2 Å². The number of rotatable bonds is 3. The lowest BCUT2D eigenvalue weighted by Gasteiger charge is -2.35. The number of carbonyl (C=O) groups is 1. The molecule has 4 N–H and O–H groups in total. The molecule has 0 aromatic carbocycles. The highest BCUT2D eigenvalue weighted by Gasteiger charge is 2.29. The molecule has 1 aliphatic rings. The molecule has 1 aromatic heterocycles. The average molecular weight is 250 g/mol. The van der Waals surface area contributed by atoms with Crippen LogP contribution in [0, 0.1) is 0 Å². The normalized spacial score (nSPS) is 19.4. The van der Waals surface area contributed by atoms with Gasteiger partial charge in [-0.15, -0.1) is 0 Å². The number of hydrogen-bond donors (Lipinski definition) is 3. The Labute approximate surface area is 106 Å². The first-order valence-corrected chi connectivity index (χ1v) is 6.04. The van der Waals surface area contributed by atoms with Crippen molar-refractivity contribution in [3.8, 4) is 0 Å². The monoisotopic (exact) mass is 250 g/mol. The van der Waals surface area contributed by atoms with Crippen LogP contribution in [0.15, 0.2) is 12.3 Å². The molecule has 1 aromatic rings. The first kappa shape index (κ1) is 12.6. The van der Waals surface area contributed by atoms with E-state index in [-0.39, 0.29) is 11.9 Å². The van der Waals surface area contributed by atoms with Gasteiger partial charge in [0.05, 0.1) is 0 Å². The zero-order valence-corrected chi connectivity index (χ0v) is 10.4. The number of likely N-dealkylation sites (N-methyl/N-ethyl adjacent to an activating group) is 1. The van der Waals surface area contributed by atoms with Crippen LogP contribution in [0.25, 0.3) is 0 Å². The Kier molecular flexibility index (Phi) is 3.93. The maximum atomic E-state index is 11.9. The summed E-state index contributed by atoms with van der Waals surface area (Å²) in [5.74, 6) is 6.40. The lowest BCUT2D eigenvalue weighted by molar-refractivity contribution is -0.122. The molecule has 2 rings (SSSR count). The SMILES string of the molecule is CNC(=O)C1CCCCN1c1ccnc(NN)n1. The number of nitrogen functional groups attached to an aromatic ring is 1. The van der Waals surface area contributed by atoms with E-state index in [4.69, 9.17) is 5.84 Å². The molecular weight excluding hydrogens is 232 g/mol. The van der Waals surface area contributed by atoms with Crippen LogP contribution in [-0.4, -0.2) is 35.5 Å². The fourth-order valence-electron chi connectivity index (χ4n) is 2.22. The summed E-state index contributed by atoms with van der Waals surface area (Å²) in [7, 11) is 1.65. The Hall–Kier alpha value is -1.89. The predicted molar refractivity (Wildman–Crippen MR) is 68.9 cm³/mol. The van der Waals surface area contributed by atoms with Crippen LogP contribution in [0.5, 0.6) is 0 Å². The van der Waals surface area contributed by atoms with E-state index in [0.717, 1.165) is 31.6 Å². The maximum absolute atomic E-state index is 11.9. The van der Waals surface area contributed by atoms with E-state index in [9.17, 15) is 4.79 Å². The van der Waals surface area contributed by atoms with Crippen molar-refractivity contribution in [2.75, 3.05) is 23.9 Å². The Morgan fingerprint density at radius 3 is 3.11 bits per heavy atom. The number of nitrogens with two attached hydrogens (primary N) is 1. The zero-order chi connectivity index (χ0) is 13.0. The number of nitrogens with zero attached hydrogens (tertiary/aromatic N) is 3. The molecule has 0 aliphatic carbocycles. The van der Waals surface area contributed by atoms with Gasteiger partial charge in [0, 0.05) is 19.8 Å². The van der Waals surface area contributed by atoms with Crippen LogP contribution in [-0.2, 0) is 4.79 Å². The molecule has 0 spiro atoms. The summed E-state index contributed by atoms with van der Waals surface area (Å²) >= 11 is 0. The van der Waals surface area contributed by atoms with E-state index in [0.29, 0.717) is 5.95 Å². The maximum Gasteiger partial charge on any atom is 0.242 e. The lowest BCUT2D eigenvalue weighted by atomic mass is 10.0. The summed E-state index contributed by atoms with van der Waals surface area (Å²) in [5.41, 5.74) is 2.42. The number of hydrogen-bond acceptors (Lipinski definition) is 6. The molecule has 0 radical (unpaired) electrons. The third kappa shape index (κ3) is 2.51. The van der Waals surface area contributed by atoms with Gasteiger partial charge in [0.15, 0.2) is 0 Å². The van der Waals surface area contributed by atoms with Gasteiger partial charge in [-0.3, -0.25) is 10.2 Å². The molecule has 1 saturated heterocycles. The van der Waals surface area contributed by atoms with Crippen molar-refractivity contribution in [1.82, 2.24) is 15.3 Å². The molecule has 0 bridgehead atoms. The van der Waals surface area contributed by atoms with Crippen molar-refractivity contribution in [3.05, 3.63) is 12.3 Å². The summed E-state index contributed by atoms with van der Waals surface area (Å²) in [6.07, 6.45) is 4.59. The largest absolute Gasteiger partial charge is 0.357 e. The third-order valence-corrected chi connectivity index (χ3v) is 3.12. The van der Waals surface area contributed by atoms with Crippen LogP contribution < -0.4 is 21.5 Å². The van der Waals surface area contributed by atoms with Crippen molar-refractivity contribution >= 4 is 17.7 Å². The van der Waals surface area contributed by atoms with Gasteiger partial charge in [-0.2, -0.15) is 4.98 Å². The predicted octanol–water partition coefficient (Wildman–Crippen LogP) is -0.133. The second-order valence-corrected chi connectivity index (χ2v) is 4.20. The minimum absolute atomic E-state index is 0.0237. The number of carbonyl (C=O) groups excluding carboxylic acids is 1. The molecule has 7 heteroatoms. The van der Waals surface area contributed by atoms with Gasteiger partial charge < -0.3 is 10.2 Å². The molecule has 18 heavy (non-hydrogen) atoms. The van der Waals surface area contributed by atoms with Crippen LogP contribution in [0.1, 0.15) is 19.3 Å². The molecule has 1 unspecified atom stereocenters. The Balaban J connectivity index is 2.24. The van der Waals surface area contributed by atoms with Gasteiger partial charge in [0.1, 0.15) is 11.9 Å². The molecule has 1 aliphatic heterocycles. The average Bonchev–Trinajstić information content (AvgIpc) is 2.46. The molecule has 0 saturated carbocycles. The van der Waals surface area contributed by atoms with Gasteiger partial charge in [-0.1, -0.05) is 0 Å². The second-order valence-electron chi connectivity index (χ2n) is 4.20. The van der Waals surface area contributed by atoms with Gasteiger partial charge in [0.25, 0.3) is 0 Å². The lowest BCUT2D eigenvalue weighted by Crippen LogP contribution is -2.49. The number of amides is 1. The molecule has 1 amide bonds. The highest BCUT2D eigenvalue weighted by molar-refractivity contribution is 5.84. The molecule has 1 fully saturated rings. The Morgan fingerprint density at radius 2 is 2.39 bits per heavy atom. The number of anilines is 2. The zero-order valence-electron chi connectivity index (χ0n) is 10.4. The number of nitrogens with one attached hydrogen (secondary N) is 2. The van der Waals surface area contributed by atoms with E-state index in [1.165, 1.54) is 0 Å². The van der Waals surface area contributed by atoms with Crippen molar-refractivity contribution in [1.29, 1.82) is 0 Å². The van der Waals surface area contributed by atoms with E-state index < -0.39 is 0 Å². The van der Waals surface area contributed by atoms with Gasteiger partial charge in [-0.25, -0.2) is 10.8 Å². The molecule has 1 atom stereocenters. The molecule has 2 heterocycles. The van der Waals surface area contributed by atoms with Crippen LogP contribution in [0.3, 0.4) is 0 Å². The van der Waals surface area contributed by atoms with E-state index in [1.54, 1.807) is 19.3 Å². The second kappa shape index (κ2) is 5.63. The molecular formula is C11H18N6O. The van der Waals surface area contributed by atoms with Crippen LogP contribution >= 0.6 is 0 Å². The summed E-state index contributed by atoms with van der Waals surface area (Å²) in [5, 5.41) is 2.70. The minimum atomic E-state index is -0.163. The summed E-state index contributed by atoms with van der Waals surface area (Å²) in [4.78, 5) is 22.1. The van der Waals surface area contributed by atoms with Crippen molar-refractivity contribution in [2.24, 2.45) is 5.84 Å². The molecule has 7 nitrogen and oxygen atoms in total. The number of hydrazine groups is 1. The smallest absolute Gasteiger partial charge is 0.242 e. The summed E-state index contributed by atoms with van der Waals surface area (Å²) in [6, 6.07) is 1.63. The minimum Gasteiger partial charge on any atom is -0.357 e. The Bertz CT molecular complexity index is 424. The fraction of sp³-hybridized carbons (Fsp3) is 0.545. The standard InChI is InChI=1S/C11H18N6O/c1-13-10(18)8-4-2-3-7-17(8)9-5-6-14-11(15-9)16-12/h5-6,8H,2-4,7,12H2,1H3,(H,13,18)(H,14,15,16). The first-order chi connectivity index (χ1) is 8.76. The quantitative estimate of drug-likeness (QED) is 0.511. The van der Waals surface area contributed by atoms with Crippen molar-refractivity contribution in [3.63, 3.8) is 0 Å². The van der Waals surface area contributed by atoms with Crippen molar-refractivity contribution in [2.45, 2.75) is 25.3 Å². The van der Waals surface area contributed by atoms with E-state index in [1.807, 2.05) is 4.90 Å². The third-order valence-electron chi connectivity index (χ3n) is 3.12. The van der Waals surface area contributed by atoms with Gasteiger partial charge >= 0.3 is 0 Å². The fourth-order valence-corrected chi connectivity index (χ4v) is 2.22. The van der Waals surface area contributed by atoms with Gasteiger partial charge in [0.2, 0.25) is 11.9 Å².